The highest BCUT2D eigenvalue weighted by Gasteiger charge is 2.20. The summed E-state index contributed by atoms with van der Waals surface area (Å²) in [6.07, 6.45) is 6.35. The quantitative estimate of drug-likeness (QED) is 0.184. The van der Waals surface area contributed by atoms with Gasteiger partial charge in [0.05, 0.1) is 48.9 Å². The number of benzene rings is 2. The lowest BCUT2D eigenvalue weighted by atomic mass is 10.2. The molecule has 0 saturated carbocycles. The fraction of sp³-hybridized carbons (Fsp3) is 0.393. The second-order valence-corrected chi connectivity index (χ2v) is 12.3. The molecule has 0 aliphatic heterocycles. The van der Waals surface area contributed by atoms with Crippen molar-refractivity contribution >= 4 is 39.4 Å². The van der Waals surface area contributed by atoms with Crippen LogP contribution in [0.15, 0.2) is 42.6 Å². The number of hydrogen-bond donors (Lipinski definition) is 0. The van der Waals surface area contributed by atoms with Crippen molar-refractivity contribution in [3.8, 4) is 28.7 Å². The summed E-state index contributed by atoms with van der Waals surface area (Å²) < 4.78 is 20.9. The lowest BCUT2D eigenvalue weighted by Gasteiger charge is -2.10. The standard InChI is InChI=1S/C28H35ClN5O4S/c1-32(2)28(35)20-8-10-24-22(15-20)30-27(34(24)11-12-36-3)23-17-33(18-38-13-14-39(5)6)26(31-23)19-7-9-21(29)25(16-19)37-4/h7-10,15-17H,11-14,18H2,1-6H3/q+1. The molecular formula is C28H35ClN5O4S+. The van der Waals surface area contributed by atoms with E-state index < -0.39 is 0 Å². The van der Waals surface area contributed by atoms with Crippen LogP contribution >= 0.6 is 11.6 Å². The molecule has 0 saturated heterocycles. The Morgan fingerprint density at radius 2 is 1.85 bits per heavy atom. The first kappa shape index (κ1) is 28.9. The molecule has 0 aliphatic carbocycles. The predicted octanol–water partition coefficient (Wildman–Crippen LogP) is 4.43. The van der Waals surface area contributed by atoms with Crippen LogP contribution in [0.1, 0.15) is 10.4 Å². The molecular weight excluding hydrogens is 538 g/mol. The normalized spacial score (nSPS) is 11.5. The van der Waals surface area contributed by atoms with Gasteiger partial charge in [0.1, 0.15) is 29.8 Å². The average molecular weight is 573 g/mol. The van der Waals surface area contributed by atoms with Crippen LogP contribution in [0.5, 0.6) is 5.75 Å². The van der Waals surface area contributed by atoms with Gasteiger partial charge in [-0.1, -0.05) is 11.6 Å². The number of rotatable bonds is 12. The highest BCUT2D eigenvalue weighted by Crippen LogP contribution is 2.32. The molecule has 2 aromatic heterocycles. The van der Waals surface area contributed by atoms with Gasteiger partial charge in [0.15, 0.2) is 5.82 Å². The maximum absolute atomic E-state index is 12.6. The second kappa shape index (κ2) is 12.9. The number of ether oxygens (including phenoxy) is 3. The molecule has 0 radical (unpaired) electrons. The molecule has 11 heteroatoms. The Labute approximate surface area is 237 Å². The third kappa shape index (κ3) is 6.58. The number of halogens is 1. The maximum atomic E-state index is 12.6. The van der Waals surface area contributed by atoms with Gasteiger partial charge in [-0.3, -0.25) is 4.79 Å². The van der Waals surface area contributed by atoms with Crippen molar-refractivity contribution in [2.75, 3.05) is 59.8 Å². The van der Waals surface area contributed by atoms with Crippen molar-refractivity contribution in [1.29, 1.82) is 0 Å². The molecule has 0 spiro atoms. The highest BCUT2D eigenvalue weighted by atomic mass is 35.5. The van der Waals surface area contributed by atoms with Gasteiger partial charge < -0.3 is 28.2 Å². The Kier molecular flexibility index (Phi) is 9.55. The molecule has 1 amide bonds. The molecule has 4 rings (SSSR count). The number of aromatic nitrogens is 4. The van der Waals surface area contributed by atoms with E-state index in [1.54, 1.807) is 39.3 Å². The van der Waals surface area contributed by atoms with Gasteiger partial charge in [-0.15, -0.1) is 0 Å². The number of nitrogens with zero attached hydrogens (tertiary/aromatic N) is 5. The summed E-state index contributed by atoms with van der Waals surface area (Å²) in [6.45, 7) is 2.07. The zero-order valence-electron chi connectivity index (χ0n) is 23.2. The monoisotopic (exact) mass is 572 g/mol. The average Bonchev–Trinajstić information content (AvgIpc) is 3.50. The van der Waals surface area contributed by atoms with E-state index in [4.69, 9.17) is 35.8 Å². The summed E-state index contributed by atoms with van der Waals surface area (Å²) in [5.74, 6) is 2.87. The summed E-state index contributed by atoms with van der Waals surface area (Å²) in [5, 5.41) is 0.526. The maximum Gasteiger partial charge on any atom is 0.253 e. The molecule has 0 atom stereocenters. The predicted molar refractivity (Wildman–Crippen MR) is 158 cm³/mol. The van der Waals surface area contributed by atoms with E-state index in [0.29, 0.717) is 76.6 Å². The first-order valence-electron chi connectivity index (χ1n) is 12.5. The Morgan fingerprint density at radius 3 is 2.54 bits per heavy atom. The Bertz CT molecular complexity index is 1450. The smallest absolute Gasteiger partial charge is 0.253 e. The van der Waals surface area contributed by atoms with Crippen molar-refractivity contribution in [1.82, 2.24) is 24.0 Å². The lowest BCUT2D eigenvalue weighted by Crippen LogP contribution is -2.21. The molecule has 0 bridgehead atoms. The third-order valence-corrected chi connectivity index (χ3v) is 7.50. The van der Waals surface area contributed by atoms with Crippen molar-refractivity contribution in [3.63, 3.8) is 0 Å². The summed E-state index contributed by atoms with van der Waals surface area (Å²) in [7, 11) is 7.02. The van der Waals surface area contributed by atoms with Crippen LogP contribution in [0.2, 0.25) is 5.02 Å². The molecule has 208 valence electrons. The molecule has 0 fully saturated rings. The molecule has 39 heavy (non-hydrogen) atoms. The number of carbonyl (C=O) groups excluding carboxylic acids is 1. The van der Waals surface area contributed by atoms with Gasteiger partial charge in [0.2, 0.25) is 0 Å². The van der Waals surface area contributed by atoms with E-state index in [1.165, 1.54) is 0 Å². The van der Waals surface area contributed by atoms with E-state index in [2.05, 4.69) is 17.1 Å². The topological polar surface area (TPSA) is 83.6 Å². The van der Waals surface area contributed by atoms with Gasteiger partial charge in [0, 0.05) is 45.1 Å². The number of fused-ring (bicyclic) bond motifs is 1. The number of amides is 1. The Balaban J connectivity index is 1.82. The van der Waals surface area contributed by atoms with Crippen LogP contribution in [0.4, 0.5) is 0 Å². The van der Waals surface area contributed by atoms with E-state index in [-0.39, 0.29) is 5.91 Å². The fourth-order valence-electron chi connectivity index (χ4n) is 4.17. The summed E-state index contributed by atoms with van der Waals surface area (Å²) in [4.78, 5) is 24.1. The van der Waals surface area contributed by atoms with Gasteiger partial charge in [0.25, 0.3) is 5.91 Å². The molecule has 2 aromatic carbocycles. The molecule has 0 unspecified atom stereocenters. The SMILES string of the molecule is COCCn1c(-c2cn(COCC[S+](C)C)c(-c3ccc(Cl)c(OC)c3)n2)nc2cc(C(=O)N(C)C)ccc21. The van der Waals surface area contributed by atoms with Gasteiger partial charge >= 0.3 is 0 Å². The fourth-order valence-corrected chi connectivity index (χ4v) is 4.81. The summed E-state index contributed by atoms with van der Waals surface area (Å²) in [5.41, 5.74) is 3.72. The van der Waals surface area contributed by atoms with E-state index in [1.807, 2.05) is 41.1 Å². The first-order valence-corrected chi connectivity index (χ1v) is 15.1. The van der Waals surface area contributed by atoms with Crippen LogP contribution in [-0.4, -0.2) is 89.7 Å². The molecule has 0 aliphatic rings. The number of imidazole rings is 2. The zero-order chi connectivity index (χ0) is 28.1. The van der Waals surface area contributed by atoms with Crippen molar-refractivity contribution < 1.29 is 19.0 Å². The van der Waals surface area contributed by atoms with E-state index >= 15 is 0 Å². The largest absolute Gasteiger partial charge is 0.495 e. The van der Waals surface area contributed by atoms with Crippen LogP contribution in [0.25, 0.3) is 33.9 Å². The minimum absolute atomic E-state index is 0.0766. The highest BCUT2D eigenvalue weighted by molar-refractivity contribution is 7.95. The van der Waals surface area contributed by atoms with Gasteiger partial charge in [-0.05, 0) is 47.3 Å². The first-order chi connectivity index (χ1) is 18.7. The number of carbonyl (C=O) groups is 1. The van der Waals surface area contributed by atoms with Crippen molar-refractivity contribution in [3.05, 3.63) is 53.2 Å². The minimum Gasteiger partial charge on any atom is -0.495 e. The third-order valence-electron chi connectivity index (χ3n) is 6.20. The van der Waals surface area contributed by atoms with Crippen LogP contribution in [-0.2, 0) is 33.6 Å². The number of hydrogen-bond acceptors (Lipinski definition) is 6. The van der Waals surface area contributed by atoms with Gasteiger partial charge in [-0.25, -0.2) is 9.97 Å². The molecule has 0 N–H and O–H groups in total. The summed E-state index contributed by atoms with van der Waals surface area (Å²) >= 11 is 6.30. The Morgan fingerprint density at radius 1 is 1.05 bits per heavy atom. The number of methoxy groups -OCH3 is 2. The van der Waals surface area contributed by atoms with Crippen LogP contribution in [0, 0.1) is 0 Å². The van der Waals surface area contributed by atoms with E-state index in [0.717, 1.165) is 16.8 Å². The molecule has 9 nitrogen and oxygen atoms in total. The zero-order valence-corrected chi connectivity index (χ0v) is 24.8. The van der Waals surface area contributed by atoms with E-state index in [9.17, 15) is 4.79 Å². The van der Waals surface area contributed by atoms with Gasteiger partial charge in [-0.2, -0.15) is 0 Å². The minimum atomic E-state index is -0.0766. The Hall–Kier alpha value is -3.05. The van der Waals surface area contributed by atoms with Crippen LogP contribution in [0.3, 0.4) is 0 Å². The second-order valence-electron chi connectivity index (χ2n) is 9.48. The van der Waals surface area contributed by atoms with Crippen molar-refractivity contribution in [2.45, 2.75) is 13.3 Å². The lowest BCUT2D eigenvalue weighted by molar-refractivity contribution is 0.0827. The molecule has 4 aromatic rings. The molecule has 2 heterocycles. The van der Waals surface area contributed by atoms with Crippen LogP contribution < -0.4 is 4.74 Å². The van der Waals surface area contributed by atoms with Crippen molar-refractivity contribution in [2.24, 2.45) is 0 Å². The summed E-state index contributed by atoms with van der Waals surface area (Å²) in [6, 6.07) is 11.2.